The molecule has 0 bridgehead atoms. The fourth-order valence-electron chi connectivity index (χ4n) is 0.654. The lowest BCUT2D eigenvalue weighted by molar-refractivity contribution is -0.142. The van der Waals surface area contributed by atoms with E-state index >= 15 is 0 Å². The summed E-state index contributed by atoms with van der Waals surface area (Å²) >= 11 is 1.62. The van der Waals surface area contributed by atoms with Gasteiger partial charge >= 0.3 is 5.97 Å². The van der Waals surface area contributed by atoms with Crippen molar-refractivity contribution in [1.82, 2.24) is 5.32 Å². The number of hydrogen-bond donors (Lipinski definition) is 2. The normalized spacial score (nSPS) is 34.8. The van der Waals surface area contributed by atoms with Crippen molar-refractivity contribution in [3.63, 3.8) is 0 Å². The first-order valence-corrected chi connectivity index (χ1v) is 3.87. The number of aliphatic carboxylic acids is 1. The van der Waals surface area contributed by atoms with Gasteiger partial charge in [-0.25, -0.2) is 0 Å². The molecule has 1 aliphatic rings. The van der Waals surface area contributed by atoms with Crippen molar-refractivity contribution in [2.45, 2.75) is 12.5 Å². The summed E-state index contributed by atoms with van der Waals surface area (Å²) in [6, 6.07) is 0. The van der Waals surface area contributed by atoms with Crippen molar-refractivity contribution >= 4 is 17.7 Å². The van der Waals surface area contributed by atoms with Crippen LogP contribution in [0.4, 0.5) is 0 Å². The molecule has 1 aliphatic heterocycles. The topological polar surface area (TPSA) is 49.3 Å². The molecular weight excluding hydrogens is 138 g/mol. The average molecular weight is 147 g/mol. The second-order valence-corrected chi connectivity index (χ2v) is 3.29. The van der Waals surface area contributed by atoms with Crippen molar-refractivity contribution in [3.8, 4) is 0 Å². The van der Waals surface area contributed by atoms with Gasteiger partial charge in [-0.1, -0.05) is 0 Å². The fourth-order valence-corrected chi connectivity index (χ4v) is 1.81. The average Bonchev–Trinajstić information content (AvgIpc) is 2.16. The largest absolute Gasteiger partial charge is 0.480 e. The molecule has 0 aromatic heterocycles. The SMILES string of the molecule is CC1(C(=O)O)CSCN1. The first-order valence-electron chi connectivity index (χ1n) is 2.71. The van der Waals surface area contributed by atoms with Crippen molar-refractivity contribution in [1.29, 1.82) is 0 Å². The van der Waals surface area contributed by atoms with Crippen LogP contribution in [0.5, 0.6) is 0 Å². The van der Waals surface area contributed by atoms with Gasteiger partial charge in [0.1, 0.15) is 5.54 Å². The van der Waals surface area contributed by atoms with Crippen LogP contribution < -0.4 is 5.32 Å². The quantitative estimate of drug-likeness (QED) is 0.553. The molecule has 1 fully saturated rings. The monoisotopic (exact) mass is 147 g/mol. The highest BCUT2D eigenvalue weighted by molar-refractivity contribution is 7.99. The van der Waals surface area contributed by atoms with Gasteiger partial charge in [0.25, 0.3) is 0 Å². The van der Waals surface area contributed by atoms with Crippen LogP contribution in [0.15, 0.2) is 0 Å². The molecule has 0 aromatic carbocycles. The van der Waals surface area contributed by atoms with Gasteiger partial charge in [0.05, 0.1) is 0 Å². The van der Waals surface area contributed by atoms with Gasteiger partial charge < -0.3 is 5.11 Å². The number of rotatable bonds is 1. The second kappa shape index (κ2) is 2.19. The molecule has 0 spiro atoms. The molecule has 52 valence electrons. The van der Waals surface area contributed by atoms with Crippen LogP contribution in [-0.4, -0.2) is 28.2 Å². The summed E-state index contributed by atoms with van der Waals surface area (Å²) in [6.45, 7) is 1.70. The molecule has 0 aromatic rings. The van der Waals surface area contributed by atoms with Crippen molar-refractivity contribution in [2.75, 3.05) is 11.6 Å². The second-order valence-electron chi connectivity index (χ2n) is 2.31. The zero-order valence-electron chi connectivity index (χ0n) is 5.18. The van der Waals surface area contributed by atoms with E-state index in [1.54, 1.807) is 18.7 Å². The zero-order chi connectivity index (χ0) is 6.91. The van der Waals surface area contributed by atoms with E-state index in [-0.39, 0.29) is 0 Å². The van der Waals surface area contributed by atoms with Crippen molar-refractivity contribution in [2.24, 2.45) is 0 Å². The minimum atomic E-state index is -0.757. The van der Waals surface area contributed by atoms with E-state index in [2.05, 4.69) is 5.32 Å². The molecular formula is C5H9NO2S. The Hall–Kier alpha value is -0.220. The third-order valence-corrected chi connectivity index (χ3v) is 2.56. The summed E-state index contributed by atoms with van der Waals surface area (Å²) in [7, 11) is 0. The highest BCUT2D eigenvalue weighted by atomic mass is 32.2. The molecule has 1 heterocycles. The van der Waals surface area contributed by atoms with Crippen LogP contribution in [0.25, 0.3) is 0 Å². The maximum absolute atomic E-state index is 10.4. The maximum Gasteiger partial charge on any atom is 0.324 e. The minimum absolute atomic E-state index is 0.669. The lowest BCUT2D eigenvalue weighted by atomic mass is 10.1. The Kier molecular flexibility index (Phi) is 1.68. The van der Waals surface area contributed by atoms with E-state index in [0.717, 1.165) is 5.88 Å². The predicted octanol–water partition coefficient (Wildman–Crippen LogP) is 0.124. The minimum Gasteiger partial charge on any atom is -0.480 e. The highest BCUT2D eigenvalue weighted by Crippen LogP contribution is 2.19. The molecule has 0 aliphatic carbocycles. The Morgan fingerprint density at radius 2 is 2.56 bits per heavy atom. The lowest BCUT2D eigenvalue weighted by Gasteiger charge is -2.15. The molecule has 0 radical (unpaired) electrons. The van der Waals surface area contributed by atoms with Crippen molar-refractivity contribution in [3.05, 3.63) is 0 Å². The zero-order valence-corrected chi connectivity index (χ0v) is 5.99. The van der Waals surface area contributed by atoms with Gasteiger partial charge in [-0.05, 0) is 6.92 Å². The number of thioether (sulfide) groups is 1. The number of carbonyl (C=O) groups is 1. The molecule has 9 heavy (non-hydrogen) atoms. The molecule has 2 N–H and O–H groups in total. The summed E-state index contributed by atoms with van der Waals surface area (Å²) in [5, 5.41) is 11.5. The summed E-state index contributed by atoms with van der Waals surface area (Å²) in [5.74, 6) is 0.665. The van der Waals surface area contributed by atoms with Gasteiger partial charge in [0.15, 0.2) is 0 Å². The summed E-state index contributed by atoms with van der Waals surface area (Å²) < 4.78 is 0. The number of carboxylic acid groups (broad SMARTS) is 1. The molecule has 1 rings (SSSR count). The van der Waals surface area contributed by atoms with E-state index in [4.69, 9.17) is 5.11 Å². The summed E-state index contributed by atoms with van der Waals surface area (Å²) in [5.41, 5.74) is -0.676. The Bertz CT molecular complexity index is 131. The third-order valence-electron chi connectivity index (χ3n) is 1.43. The van der Waals surface area contributed by atoms with Gasteiger partial charge in [0.2, 0.25) is 0 Å². The standard InChI is InChI=1S/C5H9NO2S/c1-5(4(7)8)2-9-3-6-5/h6H,2-3H2,1H3,(H,7,8). The molecule has 3 nitrogen and oxygen atoms in total. The smallest absolute Gasteiger partial charge is 0.324 e. The molecule has 0 saturated carbocycles. The molecule has 1 saturated heterocycles. The first-order chi connectivity index (χ1) is 4.15. The number of carboxylic acids is 1. The van der Waals surface area contributed by atoms with Crippen LogP contribution in [-0.2, 0) is 4.79 Å². The Morgan fingerprint density at radius 1 is 1.89 bits per heavy atom. The fraction of sp³-hybridized carbons (Fsp3) is 0.800. The molecule has 0 amide bonds. The highest BCUT2D eigenvalue weighted by Gasteiger charge is 2.36. The number of nitrogens with one attached hydrogen (secondary N) is 1. The van der Waals surface area contributed by atoms with Crippen LogP contribution in [0.3, 0.4) is 0 Å². The van der Waals surface area contributed by atoms with Crippen LogP contribution >= 0.6 is 11.8 Å². The van der Waals surface area contributed by atoms with Crippen molar-refractivity contribution < 1.29 is 9.90 Å². The van der Waals surface area contributed by atoms with Crippen LogP contribution in [0.2, 0.25) is 0 Å². The maximum atomic E-state index is 10.4. The first kappa shape index (κ1) is 6.89. The summed E-state index contributed by atoms with van der Waals surface area (Å²) in [4.78, 5) is 10.4. The Labute approximate surface area is 57.8 Å². The molecule has 1 atom stereocenters. The Morgan fingerprint density at radius 3 is 2.78 bits per heavy atom. The van der Waals surface area contributed by atoms with E-state index in [9.17, 15) is 4.79 Å². The van der Waals surface area contributed by atoms with Gasteiger partial charge in [-0.2, -0.15) is 0 Å². The van der Waals surface area contributed by atoms with Crippen LogP contribution in [0.1, 0.15) is 6.92 Å². The van der Waals surface area contributed by atoms with E-state index in [1.807, 2.05) is 0 Å². The van der Waals surface area contributed by atoms with Gasteiger partial charge in [-0.3, -0.25) is 10.1 Å². The predicted molar refractivity (Wildman–Crippen MR) is 36.5 cm³/mol. The molecule has 1 unspecified atom stereocenters. The third kappa shape index (κ3) is 1.19. The van der Waals surface area contributed by atoms with Crippen LogP contribution in [0, 0.1) is 0 Å². The number of hydrogen-bond acceptors (Lipinski definition) is 3. The summed E-state index contributed by atoms with van der Waals surface area (Å²) in [6.07, 6.45) is 0. The van der Waals surface area contributed by atoms with E-state index in [1.165, 1.54) is 0 Å². The van der Waals surface area contributed by atoms with Gasteiger partial charge in [-0.15, -0.1) is 11.8 Å². The lowest BCUT2D eigenvalue weighted by Crippen LogP contribution is -2.46. The van der Waals surface area contributed by atoms with E-state index < -0.39 is 11.5 Å². The van der Waals surface area contributed by atoms with E-state index in [0.29, 0.717) is 5.75 Å². The van der Waals surface area contributed by atoms with Gasteiger partial charge in [0, 0.05) is 11.6 Å². The Balaban J connectivity index is 2.61. The molecule has 4 heteroatoms.